The number of benzene rings is 2. The van der Waals surface area contributed by atoms with Gasteiger partial charge in [0.05, 0.1) is 0 Å². The average molecular weight is 423 g/mol. The summed E-state index contributed by atoms with van der Waals surface area (Å²) in [6, 6.07) is 20.8. The molecule has 0 aliphatic carbocycles. The van der Waals surface area contributed by atoms with E-state index in [-0.39, 0.29) is 5.91 Å². The molecule has 3 N–H and O–H groups in total. The third-order valence-electron chi connectivity index (χ3n) is 5.06. The van der Waals surface area contributed by atoms with Crippen molar-refractivity contribution in [3.63, 3.8) is 0 Å². The number of rotatable bonds is 4. The molecule has 31 heavy (non-hydrogen) atoms. The van der Waals surface area contributed by atoms with Crippen molar-refractivity contribution >= 4 is 38.8 Å². The van der Waals surface area contributed by atoms with Crippen molar-refractivity contribution in [3.8, 4) is 22.3 Å². The van der Waals surface area contributed by atoms with Gasteiger partial charge in [0.2, 0.25) is 0 Å². The van der Waals surface area contributed by atoms with E-state index in [1.54, 1.807) is 35.9 Å². The Bertz CT molecular complexity index is 1380. The normalized spacial score (nSPS) is 10.8. The number of nitrogens with one attached hydrogen (secondary N) is 1. The van der Waals surface area contributed by atoms with E-state index in [4.69, 9.17) is 5.73 Å². The van der Waals surface area contributed by atoms with Crippen LogP contribution in [-0.2, 0) is 0 Å². The number of nitrogens with zero attached hydrogens (tertiary/aromatic N) is 2. The highest BCUT2D eigenvalue weighted by Crippen LogP contribution is 2.41. The number of anilines is 2. The van der Waals surface area contributed by atoms with Crippen LogP contribution in [0.25, 0.3) is 32.3 Å². The van der Waals surface area contributed by atoms with Gasteiger partial charge in [-0.15, -0.1) is 11.3 Å². The Hall–Kier alpha value is -4.03. The zero-order valence-corrected chi connectivity index (χ0v) is 17.3. The van der Waals surface area contributed by atoms with Crippen LogP contribution < -0.4 is 11.1 Å². The highest BCUT2D eigenvalue weighted by molar-refractivity contribution is 7.18. The largest absolute Gasteiger partial charge is 0.383 e. The summed E-state index contributed by atoms with van der Waals surface area (Å²) in [4.78, 5) is 21.2. The monoisotopic (exact) mass is 422 g/mol. The first kappa shape index (κ1) is 19.0. The van der Waals surface area contributed by atoms with Gasteiger partial charge in [0.1, 0.15) is 5.82 Å². The molecule has 5 aromatic rings. The third-order valence-corrected chi connectivity index (χ3v) is 6.08. The molecule has 0 spiro atoms. The summed E-state index contributed by atoms with van der Waals surface area (Å²) >= 11 is 1.63. The molecular weight excluding hydrogens is 404 g/mol. The van der Waals surface area contributed by atoms with E-state index >= 15 is 0 Å². The van der Waals surface area contributed by atoms with Crippen LogP contribution in [0, 0.1) is 0 Å². The van der Waals surface area contributed by atoms with E-state index < -0.39 is 0 Å². The Morgan fingerprint density at radius 2 is 1.74 bits per heavy atom. The average Bonchev–Trinajstić information content (AvgIpc) is 3.27. The highest BCUT2D eigenvalue weighted by atomic mass is 32.1. The zero-order chi connectivity index (χ0) is 21.2. The molecule has 0 fully saturated rings. The Morgan fingerprint density at radius 1 is 0.903 bits per heavy atom. The number of carbonyl (C=O) groups is 1. The predicted molar refractivity (Wildman–Crippen MR) is 127 cm³/mol. The molecular formula is C25H18N4OS. The summed E-state index contributed by atoms with van der Waals surface area (Å²) in [6.45, 7) is 0. The van der Waals surface area contributed by atoms with Crippen LogP contribution in [0.2, 0.25) is 0 Å². The van der Waals surface area contributed by atoms with Crippen molar-refractivity contribution in [2.45, 2.75) is 0 Å². The van der Waals surface area contributed by atoms with Crippen molar-refractivity contribution in [2.24, 2.45) is 0 Å². The van der Waals surface area contributed by atoms with E-state index in [9.17, 15) is 4.79 Å². The van der Waals surface area contributed by atoms with E-state index in [0.29, 0.717) is 11.4 Å². The van der Waals surface area contributed by atoms with Gasteiger partial charge in [0.15, 0.2) is 0 Å². The van der Waals surface area contributed by atoms with Crippen LogP contribution in [0.4, 0.5) is 11.5 Å². The van der Waals surface area contributed by atoms with Gasteiger partial charge in [-0.3, -0.25) is 9.78 Å². The third kappa shape index (κ3) is 3.65. The van der Waals surface area contributed by atoms with Gasteiger partial charge in [-0.2, -0.15) is 0 Å². The molecule has 2 aromatic carbocycles. The number of hydrogen-bond donors (Lipinski definition) is 2. The number of fused-ring (bicyclic) bond motifs is 1. The number of thiophene rings is 1. The van der Waals surface area contributed by atoms with E-state index in [1.165, 1.54) is 0 Å². The minimum absolute atomic E-state index is 0.145. The summed E-state index contributed by atoms with van der Waals surface area (Å²) in [6.07, 6.45) is 5.37. The van der Waals surface area contributed by atoms with E-state index in [2.05, 4.69) is 20.7 Å². The number of carbonyl (C=O) groups excluding carboxylic acids is 1. The van der Waals surface area contributed by atoms with E-state index in [0.717, 1.165) is 38.0 Å². The fourth-order valence-corrected chi connectivity index (χ4v) is 4.68. The number of hydrogen-bond acceptors (Lipinski definition) is 5. The Labute approximate surface area is 183 Å². The number of amides is 1. The second-order valence-corrected chi connectivity index (χ2v) is 7.93. The lowest BCUT2D eigenvalue weighted by Crippen LogP contribution is -2.11. The predicted octanol–water partition coefficient (Wildman–Crippen LogP) is 5.86. The topological polar surface area (TPSA) is 80.9 Å². The second kappa shape index (κ2) is 8.01. The lowest BCUT2D eigenvalue weighted by Gasteiger charge is -2.09. The lowest BCUT2D eigenvalue weighted by molar-refractivity contribution is 0.102. The van der Waals surface area contributed by atoms with Gasteiger partial charge in [-0.1, -0.05) is 36.4 Å². The first-order chi connectivity index (χ1) is 15.2. The molecule has 6 heteroatoms. The Kier molecular flexibility index (Phi) is 4.90. The fraction of sp³-hybridized carbons (Fsp3) is 0. The molecule has 0 radical (unpaired) electrons. The van der Waals surface area contributed by atoms with Crippen LogP contribution >= 0.6 is 11.3 Å². The number of nitrogens with two attached hydrogens (primary N) is 1. The van der Waals surface area contributed by atoms with Crippen molar-refractivity contribution < 1.29 is 4.79 Å². The van der Waals surface area contributed by atoms with Crippen molar-refractivity contribution in [1.82, 2.24) is 9.97 Å². The molecule has 0 saturated heterocycles. The summed E-state index contributed by atoms with van der Waals surface area (Å²) in [5, 5.41) is 5.97. The zero-order valence-electron chi connectivity index (χ0n) is 16.4. The quantitative estimate of drug-likeness (QED) is 0.380. The van der Waals surface area contributed by atoms with Gasteiger partial charge in [-0.05, 0) is 41.3 Å². The fourth-order valence-electron chi connectivity index (χ4n) is 3.57. The van der Waals surface area contributed by atoms with Gasteiger partial charge in [-0.25, -0.2) is 4.98 Å². The van der Waals surface area contributed by atoms with Crippen LogP contribution in [0.5, 0.6) is 0 Å². The molecule has 150 valence electrons. The van der Waals surface area contributed by atoms with Crippen LogP contribution in [-0.4, -0.2) is 15.9 Å². The second-order valence-electron chi connectivity index (χ2n) is 7.05. The Morgan fingerprint density at radius 3 is 2.55 bits per heavy atom. The first-order valence-corrected chi connectivity index (χ1v) is 10.6. The van der Waals surface area contributed by atoms with E-state index in [1.807, 2.05) is 60.8 Å². The smallest absolute Gasteiger partial charge is 0.255 e. The summed E-state index contributed by atoms with van der Waals surface area (Å²) < 4.78 is 1.06. The van der Waals surface area contributed by atoms with Gasteiger partial charge in [0, 0.05) is 56.6 Å². The molecule has 3 heterocycles. The summed E-state index contributed by atoms with van der Waals surface area (Å²) in [7, 11) is 0. The minimum atomic E-state index is -0.145. The molecule has 0 aliphatic heterocycles. The number of nitrogen functional groups attached to an aromatic ring is 1. The molecule has 5 rings (SSSR count). The first-order valence-electron chi connectivity index (χ1n) is 9.73. The maximum atomic E-state index is 12.5. The lowest BCUT2D eigenvalue weighted by atomic mass is 10.0. The summed E-state index contributed by atoms with van der Waals surface area (Å²) in [5.41, 5.74) is 11.6. The van der Waals surface area contributed by atoms with Crippen LogP contribution in [0.3, 0.4) is 0 Å². The van der Waals surface area contributed by atoms with Crippen LogP contribution in [0.1, 0.15) is 10.4 Å². The SMILES string of the molecule is Nc1ncc(-c2cccnc2)c2scc(-c3cccc(NC(=O)c4ccccc4)c3)c12. The van der Waals surface area contributed by atoms with Gasteiger partial charge >= 0.3 is 0 Å². The number of aromatic nitrogens is 2. The van der Waals surface area contributed by atoms with Crippen molar-refractivity contribution in [3.05, 3.63) is 96.3 Å². The van der Waals surface area contributed by atoms with Gasteiger partial charge < -0.3 is 11.1 Å². The number of pyridine rings is 2. The van der Waals surface area contributed by atoms with Crippen LogP contribution in [0.15, 0.2) is 90.7 Å². The standard InChI is InChI=1S/C25H18N4OS/c26-24-22-21(15-31-23(22)20(14-28-24)18-9-5-11-27-13-18)17-8-4-10-19(12-17)29-25(30)16-6-2-1-3-7-16/h1-15H,(H2,26,28)(H,29,30). The molecule has 0 saturated carbocycles. The minimum Gasteiger partial charge on any atom is -0.383 e. The van der Waals surface area contributed by atoms with Gasteiger partial charge in [0.25, 0.3) is 5.91 Å². The maximum Gasteiger partial charge on any atom is 0.255 e. The molecule has 5 nitrogen and oxygen atoms in total. The molecule has 1 amide bonds. The molecule has 0 aliphatic rings. The maximum absolute atomic E-state index is 12.5. The summed E-state index contributed by atoms with van der Waals surface area (Å²) in [5.74, 6) is 0.339. The van der Waals surface area contributed by atoms with Crippen molar-refractivity contribution in [2.75, 3.05) is 11.1 Å². The molecule has 0 unspecified atom stereocenters. The molecule has 0 bridgehead atoms. The molecule has 0 atom stereocenters. The Balaban J connectivity index is 1.55. The highest BCUT2D eigenvalue weighted by Gasteiger charge is 2.16. The van der Waals surface area contributed by atoms with Crippen molar-refractivity contribution in [1.29, 1.82) is 0 Å². The molecule has 3 aromatic heterocycles.